The molecule has 1 amide bonds. The van der Waals surface area contributed by atoms with Crippen LogP contribution in [0.2, 0.25) is 5.02 Å². The lowest BCUT2D eigenvalue weighted by atomic mass is 10.00. The second-order valence-corrected chi connectivity index (χ2v) is 9.63. The first-order valence-electron chi connectivity index (χ1n) is 8.65. The molecule has 1 aliphatic rings. The van der Waals surface area contributed by atoms with Crippen LogP contribution in [0.4, 0.5) is 5.69 Å². The Labute approximate surface area is 171 Å². The summed E-state index contributed by atoms with van der Waals surface area (Å²) in [6.45, 7) is 0. The molecule has 150 valence electrons. The van der Waals surface area contributed by atoms with E-state index < -0.39 is 26.5 Å². The van der Waals surface area contributed by atoms with Crippen LogP contribution in [0.15, 0.2) is 29.2 Å². The zero-order chi connectivity index (χ0) is 20.3. The number of sulfonamides is 1. The monoisotopic (exact) mass is 443 g/mol. The summed E-state index contributed by atoms with van der Waals surface area (Å²) in [6.07, 6.45) is 6.34. The number of hydrogen-bond donors (Lipinski definition) is 2. The van der Waals surface area contributed by atoms with Gasteiger partial charge in [-0.25, -0.2) is 8.42 Å². The zero-order valence-electron chi connectivity index (χ0n) is 14.7. The number of carbonyl (C=O) groups excluding carboxylic acids is 1. The molecule has 0 radical (unpaired) electrons. The number of hydrazine groups is 1. The fourth-order valence-electron chi connectivity index (χ4n) is 2.99. The van der Waals surface area contributed by atoms with Crippen molar-refractivity contribution < 1.29 is 18.1 Å². The average molecular weight is 444 g/mol. The smallest absolute Gasteiger partial charge is 0.273 e. The van der Waals surface area contributed by atoms with Gasteiger partial charge in [0, 0.05) is 10.9 Å². The van der Waals surface area contributed by atoms with E-state index in [1.807, 2.05) is 10.9 Å². The molecule has 0 aliphatic heterocycles. The lowest BCUT2D eigenvalue weighted by molar-refractivity contribution is -0.384. The van der Waals surface area contributed by atoms with Crippen LogP contribution in [0.3, 0.4) is 0 Å². The highest BCUT2D eigenvalue weighted by Crippen LogP contribution is 2.29. The lowest BCUT2D eigenvalue weighted by Gasteiger charge is -2.08. The number of nitro benzene ring substituents is 1. The molecule has 0 saturated heterocycles. The molecule has 2 aromatic rings. The molecule has 0 bridgehead atoms. The Morgan fingerprint density at radius 1 is 1.14 bits per heavy atom. The van der Waals surface area contributed by atoms with Gasteiger partial charge in [0.1, 0.15) is 5.02 Å². The van der Waals surface area contributed by atoms with E-state index in [9.17, 15) is 23.3 Å². The van der Waals surface area contributed by atoms with Crippen molar-refractivity contribution in [1.82, 2.24) is 10.3 Å². The molecule has 1 aromatic carbocycles. The number of nitro groups is 1. The second-order valence-electron chi connectivity index (χ2n) is 6.40. The summed E-state index contributed by atoms with van der Waals surface area (Å²) in [4.78, 5) is 25.7. The van der Waals surface area contributed by atoms with Crippen LogP contribution in [0, 0.1) is 10.1 Å². The Kier molecular flexibility index (Phi) is 6.33. The SMILES string of the molecule is O=C(NNS(=O)(=O)c1ccc(Cl)c([N+](=O)[O-])c1)c1cc2c(s1)CCCCCC2. The number of rotatable bonds is 5. The maximum absolute atomic E-state index is 12.4. The molecule has 2 N–H and O–H groups in total. The third-order valence-electron chi connectivity index (χ3n) is 4.44. The number of aryl methyl sites for hydroxylation is 2. The van der Waals surface area contributed by atoms with E-state index in [2.05, 4.69) is 5.43 Å². The van der Waals surface area contributed by atoms with E-state index in [1.165, 1.54) is 29.1 Å². The van der Waals surface area contributed by atoms with Crippen molar-refractivity contribution in [3.63, 3.8) is 0 Å². The van der Waals surface area contributed by atoms with Crippen LogP contribution in [0.5, 0.6) is 0 Å². The minimum atomic E-state index is -4.19. The van der Waals surface area contributed by atoms with Crippen molar-refractivity contribution in [3.05, 3.63) is 54.7 Å². The Hall–Kier alpha value is -2.01. The third-order valence-corrected chi connectivity index (χ3v) is 7.24. The van der Waals surface area contributed by atoms with E-state index in [4.69, 9.17) is 11.6 Å². The number of amides is 1. The van der Waals surface area contributed by atoms with Gasteiger partial charge < -0.3 is 0 Å². The minimum absolute atomic E-state index is 0.177. The fourth-order valence-corrected chi connectivity index (χ4v) is 5.18. The van der Waals surface area contributed by atoms with Gasteiger partial charge in [-0.1, -0.05) is 24.4 Å². The van der Waals surface area contributed by atoms with Crippen molar-refractivity contribution in [2.24, 2.45) is 0 Å². The van der Waals surface area contributed by atoms with Crippen molar-refractivity contribution in [3.8, 4) is 0 Å². The van der Waals surface area contributed by atoms with Crippen LogP contribution in [0.25, 0.3) is 0 Å². The first-order chi connectivity index (χ1) is 13.3. The molecular weight excluding hydrogens is 426 g/mol. The Balaban J connectivity index is 1.72. The lowest BCUT2D eigenvalue weighted by Crippen LogP contribution is -2.41. The van der Waals surface area contributed by atoms with Gasteiger partial charge in [0.25, 0.3) is 21.6 Å². The number of fused-ring (bicyclic) bond motifs is 1. The number of thiophene rings is 1. The van der Waals surface area contributed by atoms with E-state index in [1.54, 1.807) is 0 Å². The van der Waals surface area contributed by atoms with Crippen LogP contribution < -0.4 is 10.3 Å². The quantitative estimate of drug-likeness (QED) is 0.540. The number of hydrogen-bond acceptors (Lipinski definition) is 6. The van der Waals surface area contributed by atoms with E-state index in [0.29, 0.717) is 4.88 Å². The average Bonchev–Trinajstić information content (AvgIpc) is 3.02. The molecule has 0 unspecified atom stereocenters. The molecule has 3 rings (SSSR count). The van der Waals surface area contributed by atoms with Crippen molar-refractivity contribution in [1.29, 1.82) is 0 Å². The van der Waals surface area contributed by atoms with Gasteiger partial charge >= 0.3 is 0 Å². The number of nitrogens with one attached hydrogen (secondary N) is 2. The highest BCUT2D eigenvalue weighted by atomic mass is 35.5. The second kappa shape index (κ2) is 8.56. The summed E-state index contributed by atoms with van der Waals surface area (Å²) in [5, 5.41) is 10.8. The molecule has 0 saturated carbocycles. The predicted molar refractivity (Wildman–Crippen MR) is 106 cm³/mol. The highest BCUT2D eigenvalue weighted by molar-refractivity contribution is 7.89. The first kappa shape index (κ1) is 20.7. The molecule has 0 fully saturated rings. The summed E-state index contributed by atoms with van der Waals surface area (Å²) < 4.78 is 24.7. The van der Waals surface area contributed by atoms with Gasteiger partial charge in [0.05, 0.1) is 14.7 Å². The summed E-state index contributed by atoms with van der Waals surface area (Å²) in [5.41, 5.74) is 2.78. The van der Waals surface area contributed by atoms with Crippen molar-refractivity contribution in [2.75, 3.05) is 0 Å². The largest absolute Gasteiger partial charge is 0.289 e. The summed E-state index contributed by atoms with van der Waals surface area (Å²) in [6, 6.07) is 4.89. The minimum Gasteiger partial charge on any atom is -0.273 e. The van der Waals surface area contributed by atoms with Gasteiger partial charge in [-0.15, -0.1) is 16.2 Å². The first-order valence-corrected chi connectivity index (χ1v) is 11.3. The molecule has 1 aliphatic carbocycles. The molecule has 1 aromatic heterocycles. The van der Waals surface area contributed by atoms with Crippen LogP contribution in [-0.4, -0.2) is 19.2 Å². The Morgan fingerprint density at radius 3 is 2.57 bits per heavy atom. The van der Waals surface area contributed by atoms with E-state index >= 15 is 0 Å². The topological polar surface area (TPSA) is 118 Å². The molecule has 11 heteroatoms. The summed E-state index contributed by atoms with van der Waals surface area (Å²) in [5.74, 6) is -0.566. The standard InChI is InChI=1S/C17H18ClN3O5S2/c18-13-8-7-12(10-14(13)21(23)24)28(25,26)20-19-17(22)16-9-11-5-3-1-2-4-6-15(11)27-16/h7-10,20H,1-6H2,(H,19,22). The van der Waals surface area contributed by atoms with Crippen LogP contribution in [-0.2, 0) is 22.9 Å². The van der Waals surface area contributed by atoms with E-state index in [-0.39, 0.29) is 9.92 Å². The fraction of sp³-hybridized carbons (Fsp3) is 0.353. The summed E-state index contributed by atoms with van der Waals surface area (Å²) >= 11 is 7.06. The third kappa shape index (κ3) is 4.69. The van der Waals surface area contributed by atoms with Crippen molar-refractivity contribution in [2.45, 2.75) is 43.4 Å². The Morgan fingerprint density at radius 2 is 1.86 bits per heavy atom. The van der Waals surface area contributed by atoms with Gasteiger partial charge in [-0.3, -0.25) is 20.3 Å². The maximum Gasteiger partial charge on any atom is 0.289 e. The van der Waals surface area contributed by atoms with Crippen LogP contribution in [0.1, 0.15) is 45.8 Å². The number of halogens is 1. The van der Waals surface area contributed by atoms with Gasteiger partial charge in [0.2, 0.25) is 0 Å². The van der Waals surface area contributed by atoms with Gasteiger partial charge in [0.15, 0.2) is 0 Å². The van der Waals surface area contributed by atoms with Crippen molar-refractivity contribution >= 4 is 44.6 Å². The van der Waals surface area contributed by atoms with Gasteiger partial charge in [-0.2, -0.15) is 0 Å². The molecular formula is C17H18ClN3O5S2. The number of nitrogens with zero attached hydrogens (tertiary/aromatic N) is 1. The van der Waals surface area contributed by atoms with Crippen LogP contribution >= 0.6 is 22.9 Å². The zero-order valence-corrected chi connectivity index (χ0v) is 17.1. The molecule has 0 spiro atoms. The predicted octanol–water partition coefficient (Wildman–Crippen LogP) is 3.59. The molecule has 28 heavy (non-hydrogen) atoms. The number of benzene rings is 1. The van der Waals surface area contributed by atoms with Gasteiger partial charge in [-0.05, 0) is 49.4 Å². The maximum atomic E-state index is 12.4. The number of carbonyl (C=O) groups is 1. The molecule has 0 atom stereocenters. The van der Waals surface area contributed by atoms with E-state index in [0.717, 1.165) is 49.4 Å². The summed E-state index contributed by atoms with van der Waals surface area (Å²) in [7, 11) is -4.19. The molecule has 8 nitrogen and oxygen atoms in total. The highest BCUT2D eigenvalue weighted by Gasteiger charge is 2.22. The molecule has 1 heterocycles. The normalized spacial score (nSPS) is 14.6. The Bertz CT molecular complexity index is 994.